The largest absolute Gasteiger partial charge is 0.508 e. The molecule has 10 heteroatoms. The second kappa shape index (κ2) is 16.2. The minimum atomic E-state index is -0.673. The van der Waals surface area contributed by atoms with Crippen LogP contribution in [0, 0.1) is 0 Å². The number of ether oxygens (including phenoxy) is 2. The number of allylic oxidation sites excluding steroid dienone is 8. The Kier molecular flexibility index (Phi) is 11.3. The third-order valence-corrected chi connectivity index (χ3v) is 11.2. The van der Waals surface area contributed by atoms with Gasteiger partial charge in [-0.1, -0.05) is 46.6 Å². The highest BCUT2D eigenvalue weighted by Gasteiger charge is 2.44. The van der Waals surface area contributed by atoms with Crippen LogP contribution in [0.4, 0.5) is 0 Å². The Balaban J connectivity index is 1.46. The van der Waals surface area contributed by atoms with Gasteiger partial charge in [0.05, 0.1) is 29.2 Å². The maximum atomic E-state index is 15.4. The SMILES string of the molecule is CC(C)=CCc1cc(-c2oc3c(CC=C(C)C)c(O)c(O)cc3c2C(=O)c2cc3c(c(CC=C(C)C)c2O)O[C@H]2c4ccc(O)c(CC=C(C)C)c4OC[C@@H]32)c(O)cc1O. The second-order valence-corrected chi connectivity index (χ2v) is 16.8. The number of fused-ring (bicyclic) bond motifs is 6. The Hall–Kier alpha value is -6.55. The van der Waals surface area contributed by atoms with E-state index in [1.165, 1.54) is 12.1 Å². The molecule has 0 aliphatic carbocycles. The van der Waals surface area contributed by atoms with Crippen molar-refractivity contribution < 1.29 is 49.3 Å². The van der Waals surface area contributed by atoms with E-state index in [0.29, 0.717) is 46.6 Å². The summed E-state index contributed by atoms with van der Waals surface area (Å²) in [6.45, 7) is 15.7. The van der Waals surface area contributed by atoms with Gasteiger partial charge >= 0.3 is 0 Å². The number of rotatable bonds is 11. The average Bonchev–Trinajstić information content (AvgIpc) is 3.74. The first-order valence-electron chi connectivity index (χ1n) is 20.1. The van der Waals surface area contributed by atoms with Gasteiger partial charge in [-0.2, -0.15) is 0 Å². The molecule has 0 saturated heterocycles. The summed E-state index contributed by atoms with van der Waals surface area (Å²) in [5.41, 5.74) is 7.21. The zero-order chi connectivity index (χ0) is 43.3. The van der Waals surface area contributed by atoms with Crippen LogP contribution in [0.5, 0.6) is 46.0 Å². The molecule has 3 heterocycles. The lowest BCUT2D eigenvalue weighted by Crippen LogP contribution is -2.24. The highest BCUT2D eigenvalue weighted by molar-refractivity contribution is 6.21. The normalized spacial score (nSPS) is 14.9. The molecule has 2 aliphatic rings. The van der Waals surface area contributed by atoms with E-state index in [1.54, 1.807) is 24.3 Å². The summed E-state index contributed by atoms with van der Waals surface area (Å²) in [5.74, 6) is -1.75. The van der Waals surface area contributed by atoms with Crippen LogP contribution >= 0.6 is 0 Å². The predicted octanol–water partition coefficient (Wildman–Crippen LogP) is 11.2. The molecule has 1 aromatic heterocycles. The van der Waals surface area contributed by atoms with Gasteiger partial charge in [0.25, 0.3) is 0 Å². The fourth-order valence-electron chi connectivity index (χ4n) is 7.95. The molecule has 4 aromatic carbocycles. The molecule has 10 nitrogen and oxygen atoms in total. The van der Waals surface area contributed by atoms with Crippen LogP contribution in [0.3, 0.4) is 0 Å². The number of hydrogen-bond donors (Lipinski definition) is 6. The van der Waals surface area contributed by atoms with Gasteiger partial charge in [-0.25, -0.2) is 0 Å². The summed E-state index contributed by atoms with van der Waals surface area (Å²) < 4.78 is 19.7. The number of carbonyl (C=O) groups excluding carboxylic acids is 1. The van der Waals surface area contributed by atoms with E-state index in [9.17, 15) is 30.6 Å². The van der Waals surface area contributed by atoms with E-state index >= 15 is 4.79 Å². The molecule has 5 aromatic rings. The summed E-state index contributed by atoms with van der Waals surface area (Å²) >= 11 is 0. The van der Waals surface area contributed by atoms with Crippen molar-refractivity contribution in [3.05, 3.63) is 128 Å². The minimum absolute atomic E-state index is 0.0682. The van der Waals surface area contributed by atoms with Crippen LogP contribution in [0.2, 0.25) is 0 Å². The topological polar surface area (TPSA) is 170 Å². The third-order valence-electron chi connectivity index (χ3n) is 11.2. The van der Waals surface area contributed by atoms with Crippen molar-refractivity contribution in [2.45, 2.75) is 93.1 Å². The molecule has 312 valence electrons. The molecule has 0 unspecified atom stereocenters. The van der Waals surface area contributed by atoms with Gasteiger partial charge in [0.15, 0.2) is 11.5 Å². The number of phenolic OH excluding ortho intramolecular Hbond substituents is 6. The molecular weight excluding hydrogens is 761 g/mol. The van der Waals surface area contributed by atoms with Gasteiger partial charge < -0.3 is 44.5 Å². The first-order chi connectivity index (χ1) is 28.5. The maximum absolute atomic E-state index is 15.4. The van der Waals surface area contributed by atoms with Crippen molar-refractivity contribution in [2.75, 3.05) is 6.61 Å². The van der Waals surface area contributed by atoms with Gasteiger partial charge in [0.1, 0.15) is 51.9 Å². The summed E-state index contributed by atoms with van der Waals surface area (Å²) in [5, 5.41) is 67.8. The van der Waals surface area contributed by atoms with Crippen molar-refractivity contribution in [3.63, 3.8) is 0 Å². The summed E-state index contributed by atoms with van der Waals surface area (Å²) in [6.07, 6.45) is 8.35. The van der Waals surface area contributed by atoms with Crippen molar-refractivity contribution >= 4 is 16.8 Å². The van der Waals surface area contributed by atoms with Crippen LogP contribution < -0.4 is 9.47 Å². The maximum Gasteiger partial charge on any atom is 0.201 e. The number of phenols is 6. The van der Waals surface area contributed by atoms with Gasteiger partial charge in [-0.05, 0) is 117 Å². The van der Waals surface area contributed by atoms with Gasteiger partial charge in [-0.15, -0.1) is 0 Å². The van der Waals surface area contributed by atoms with Crippen molar-refractivity contribution in [3.8, 4) is 57.3 Å². The Morgan fingerprint density at radius 3 is 1.90 bits per heavy atom. The van der Waals surface area contributed by atoms with Crippen molar-refractivity contribution in [1.82, 2.24) is 0 Å². The molecular formula is C50H52O10. The molecule has 0 bridgehead atoms. The predicted molar refractivity (Wildman–Crippen MR) is 232 cm³/mol. The van der Waals surface area contributed by atoms with Crippen LogP contribution in [-0.4, -0.2) is 43.0 Å². The van der Waals surface area contributed by atoms with Gasteiger partial charge in [-0.3, -0.25) is 4.79 Å². The summed E-state index contributed by atoms with van der Waals surface area (Å²) in [7, 11) is 0. The lowest BCUT2D eigenvalue weighted by atomic mass is 9.84. The number of ketones is 1. The smallest absolute Gasteiger partial charge is 0.201 e. The molecule has 0 fully saturated rings. The van der Waals surface area contributed by atoms with Crippen LogP contribution in [-0.2, 0) is 25.7 Å². The summed E-state index contributed by atoms with van der Waals surface area (Å²) in [6, 6.07) is 9.03. The number of carbonyl (C=O) groups is 1. The van der Waals surface area contributed by atoms with Crippen LogP contribution in [0.1, 0.15) is 117 Å². The molecule has 7 rings (SSSR count). The van der Waals surface area contributed by atoms with E-state index < -0.39 is 23.4 Å². The average molecular weight is 813 g/mol. The molecule has 0 radical (unpaired) electrons. The summed E-state index contributed by atoms with van der Waals surface area (Å²) in [4.78, 5) is 15.4. The Labute approximate surface area is 349 Å². The standard InChI is InChI=1S/C50H52O10/c1-24(2)9-13-28-19-34(40(53)22-39(28)52)50-42(35-21-41(54)44(56)31(48(35)60-50)16-12-27(7)8)45(57)36-20-33-37-23-58-46-29(14-10-25(3)4)38(51)18-17-32(46)49(37)59-47(33)30(43(36)55)15-11-26(5)6/h9-12,17-22,37,49,51-56H,13-16,23H2,1-8H3/t37-,49-/m0/s1. The van der Waals surface area contributed by atoms with E-state index in [4.69, 9.17) is 13.9 Å². The Morgan fingerprint density at radius 2 is 1.25 bits per heavy atom. The lowest BCUT2D eigenvalue weighted by molar-refractivity contribution is 0.103. The van der Waals surface area contributed by atoms with E-state index in [0.717, 1.165) is 27.9 Å². The quantitative estimate of drug-likeness (QED) is 0.0428. The number of hydrogen-bond acceptors (Lipinski definition) is 10. The molecule has 0 amide bonds. The van der Waals surface area contributed by atoms with Crippen LogP contribution in [0.25, 0.3) is 22.3 Å². The highest BCUT2D eigenvalue weighted by Crippen LogP contribution is 2.56. The van der Waals surface area contributed by atoms with Crippen LogP contribution in [0.15, 0.2) is 87.4 Å². The first kappa shape index (κ1) is 41.6. The zero-order valence-electron chi connectivity index (χ0n) is 35.3. The molecule has 60 heavy (non-hydrogen) atoms. The van der Waals surface area contributed by atoms with E-state index in [-0.39, 0.29) is 87.3 Å². The van der Waals surface area contributed by atoms with Crippen molar-refractivity contribution in [2.24, 2.45) is 0 Å². The lowest BCUT2D eigenvalue weighted by Gasteiger charge is -2.29. The molecule has 2 aliphatic heterocycles. The Bertz CT molecular complexity index is 2690. The Morgan fingerprint density at radius 1 is 0.633 bits per heavy atom. The fourth-order valence-corrected chi connectivity index (χ4v) is 7.95. The van der Waals surface area contributed by atoms with E-state index in [1.807, 2.05) is 79.7 Å². The zero-order valence-corrected chi connectivity index (χ0v) is 35.3. The number of aromatic hydroxyl groups is 6. The monoisotopic (exact) mass is 812 g/mol. The highest BCUT2D eigenvalue weighted by atomic mass is 16.5. The van der Waals surface area contributed by atoms with Gasteiger partial charge in [0.2, 0.25) is 5.78 Å². The molecule has 0 saturated carbocycles. The molecule has 0 spiro atoms. The van der Waals surface area contributed by atoms with Crippen molar-refractivity contribution in [1.29, 1.82) is 0 Å². The van der Waals surface area contributed by atoms with E-state index in [2.05, 4.69) is 0 Å². The fraction of sp³-hybridized carbons (Fsp3) is 0.300. The number of benzene rings is 4. The number of furan rings is 1. The first-order valence-corrected chi connectivity index (χ1v) is 20.1. The molecule has 2 atom stereocenters. The third kappa shape index (κ3) is 7.58. The second-order valence-electron chi connectivity index (χ2n) is 16.8. The van der Waals surface area contributed by atoms with Gasteiger partial charge in [0, 0.05) is 39.3 Å². The minimum Gasteiger partial charge on any atom is -0.508 e. The molecule has 6 N–H and O–H groups in total.